The fourth-order valence-corrected chi connectivity index (χ4v) is 1.88. The molecule has 106 valence electrons. The van der Waals surface area contributed by atoms with Crippen LogP contribution >= 0.6 is 0 Å². The summed E-state index contributed by atoms with van der Waals surface area (Å²) in [6.45, 7) is 2.25. The van der Waals surface area contributed by atoms with Crippen molar-refractivity contribution in [3.8, 4) is 11.8 Å². The summed E-state index contributed by atoms with van der Waals surface area (Å²) < 4.78 is 0. The summed E-state index contributed by atoms with van der Waals surface area (Å²) in [5.41, 5.74) is 8.65. The minimum atomic E-state index is -0.116. The van der Waals surface area contributed by atoms with Crippen molar-refractivity contribution in [1.82, 2.24) is 4.98 Å². The predicted octanol–water partition coefficient (Wildman–Crippen LogP) is 1.88. The van der Waals surface area contributed by atoms with Crippen LogP contribution in [0.2, 0.25) is 0 Å². The molecule has 0 aliphatic rings. The summed E-state index contributed by atoms with van der Waals surface area (Å²) in [6.07, 6.45) is 1.91. The van der Waals surface area contributed by atoms with Gasteiger partial charge in [0.05, 0.1) is 18.7 Å². The van der Waals surface area contributed by atoms with Crippen molar-refractivity contribution < 1.29 is 4.79 Å². The van der Waals surface area contributed by atoms with Crippen molar-refractivity contribution in [2.45, 2.75) is 13.3 Å². The molecule has 2 rings (SSSR count). The molecule has 1 heterocycles. The minimum Gasteiger partial charge on any atom is -0.325 e. The average molecular weight is 279 g/mol. The number of amides is 1. The first kappa shape index (κ1) is 14.8. The normalized spacial score (nSPS) is 9.62. The zero-order valence-corrected chi connectivity index (χ0v) is 11.9. The van der Waals surface area contributed by atoms with Crippen molar-refractivity contribution in [2.24, 2.45) is 5.73 Å². The van der Waals surface area contributed by atoms with E-state index in [1.807, 2.05) is 43.3 Å². The second-order valence-corrected chi connectivity index (χ2v) is 4.60. The second-order valence-electron chi connectivity index (χ2n) is 4.60. The van der Waals surface area contributed by atoms with E-state index >= 15 is 0 Å². The number of nitrogens with zero attached hydrogens (tertiary/aromatic N) is 1. The first-order valence-electron chi connectivity index (χ1n) is 6.68. The summed E-state index contributed by atoms with van der Waals surface area (Å²) in [5, 5.41) is 2.89. The van der Waals surface area contributed by atoms with E-state index in [0.29, 0.717) is 5.69 Å². The molecular weight excluding hydrogens is 262 g/mol. The van der Waals surface area contributed by atoms with E-state index in [9.17, 15) is 4.79 Å². The Hall–Kier alpha value is -2.64. The molecule has 4 heteroatoms. The third kappa shape index (κ3) is 4.44. The van der Waals surface area contributed by atoms with Gasteiger partial charge in [-0.2, -0.15) is 0 Å². The van der Waals surface area contributed by atoms with E-state index in [1.165, 1.54) is 0 Å². The highest BCUT2D eigenvalue weighted by Crippen LogP contribution is 2.17. The van der Waals surface area contributed by atoms with Crippen LogP contribution in [-0.4, -0.2) is 17.4 Å². The number of hydrogen-bond donors (Lipinski definition) is 2. The molecule has 0 saturated heterocycles. The number of nitrogens with two attached hydrogens (primary N) is 1. The van der Waals surface area contributed by atoms with Gasteiger partial charge in [0.15, 0.2) is 0 Å². The fraction of sp³-hybridized carbons (Fsp3) is 0.176. The van der Waals surface area contributed by atoms with E-state index < -0.39 is 0 Å². The molecule has 4 nitrogen and oxygen atoms in total. The van der Waals surface area contributed by atoms with Gasteiger partial charge in [0, 0.05) is 17.5 Å². The molecule has 2 aromatic rings. The molecule has 1 aromatic heterocycles. The third-order valence-electron chi connectivity index (χ3n) is 2.84. The number of nitrogens with one attached hydrogen (secondary N) is 1. The Morgan fingerprint density at radius 1 is 1.33 bits per heavy atom. The van der Waals surface area contributed by atoms with Crippen LogP contribution in [0.5, 0.6) is 0 Å². The highest BCUT2D eigenvalue weighted by Gasteiger charge is 2.07. The minimum absolute atomic E-state index is 0.116. The molecular formula is C17H17N3O. The molecule has 1 aromatic carbocycles. The Kier molecular flexibility index (Phi) is 5.08. The van der Waals surface area contributed by atoms with Crippen LogP contribution in [0.4, 0.5) is 5.69 Å². The maximum Gasteiger partial charge on any atom is 0.230 e. The van der Waals surface area contributed by atoms with Crippen molar-refractivity contribution >= 4 is 11.6 Å². The zero-order valence-electron chi connectivity index (χ0n) is 11.9. The molecule has 0 saturated carbocycles. The number of benzene rings is 1. The van der Waals surface area contributed by atoms with Gasteiger partial charge in [-0.25, -0.2) is 0 Å². The number of pyridine rings is 1. The molecule has 0 unspecified atom stereocenters. The van der Waals surface area contributed by atoms with Gasteiger partial charge >= 0.3 is 0 Å². The smallest absolute Gasteiger partial charge is 0.230 e. The van der Waals surface area contributed by atoms with Crippen LogP contribution < -0.4 is 11.1 Å². The first-order chi connectivity index (χ1) is 10.2. The van der Waals surface area contributed by atoms with E-state index in [0.717, 1.165) is 16.8 Å². The lowest BCUT2D eigenvalue weighted by molar-refractivity contribution is -0.115. The Labute approximate surface area is 124 Å². The first-order valence-corrected chi connectivity index (χ1v) is 6.68. The highest BCUT2D eigenvalue weighted by molar-refractivity contribution is 5.93. The van der Waals surface area contributed by atoms with E-state index in [1.54, 1.807) is 6.20 Å². The summed E-state index contributed by atoms with van der Waals surface area (Å²) in [5.74, 6) is 5.65. The molecule has 3 N–H and O–H groups in total. The molecule has 0 aliphatic carbocycles. The van der Waals surface area contributed by atoms with Gasteiger partial charge in [0.25, 0.3) is 0 Å². The summed E-state index contributed by atoms with van der Waals surface area (Å²) in [7, 11) is 0. The summed E-state index contributed by atoms with van der Waals surface area (Å²) in [4.78, 5) is 16.2. The number of rotatable bonds is 3. The molecule has 0 aliphatic heterocycles. The van der Waals surface area contributed by atoms with Crippen molar-refractivity contribution in [3.63, 3.8) is 0 Å². The molecule has 0 radical (unpaired) electrons. The molecule has 0 fully saturated rings. The fourth-order valence-electron chi connectivity index (χ4n) is 1.88. The number of anilines is 1. The van der Waals surface area contributed by atoms with Gasteiger partial charge in [-0.15, -0.1) is 0 Å². The van der Waals surface area contributed by atoms with Crippen LogP contribution in [0.1, 0.15) is 16.8 Å². The summed E-state index contributed by atoms with van der Waals surface area (Å²) >= 11 is 0. The van der Waals surface area contributed by atoms with Gasteiger partial charge in [0.1, 0.15) is 0 Å². The quantitative estimate of drug-likeness (QED) is 0.843. The second kappa shape index (κ2) is 7.22. The third-order valence-corrected chi connectivity index (χ3v) is 2.84. The van der Waals surface area contributed by atoms with Crippen LogP contribution in [0, 0.1) is 18.8 Å². The summed E-state index contributed by atoms with van der Waals surface area (Å²) in [6, 6.07) is 11.2. The zero-order chi connectivity index (χ0) is 15.1. The largest absolute Gasteiger partial charge is 0.325 e. The van der Waals surface area contributed by atoms with Crippen LogP contribution in [0.15, 0.2) is 42.6 Å². The number of aryl methyl sites for hydroxylation is 1. The average Bonchev–Trinajstić information content (AvgIpc) is 2.47. The lowest BCUT2D eigenvalue weighted by atomic mass is 10.1. The number of carbonyl (C=O) groups excluding carboxylic acids is 1. The lowest BCUT2D eigenvalue weighted by Crippen LogP contribution is -2.16. The number of aromatic nitrogens is 1. The molecule has 0 bridgehead atoms. The molecule has 0 atom stereocenters. The van der Waals surface area contributed by atoms with Crippen molar-refractivity contribution in [3.05, 3.63) is 59.4 Å². The molecule has 21 heavy (non-hydrogen) atoms. The predicted molar refractivity (Wildman–Crippen MR) is 83.7 cm³/mol. The van der Waals surface area contributed by atoms with E-state index in [2.05, 4.69) is 22.1 Å². The van der Waals surface area contributed by atoms with Crippen molar-refractivity contribution in [2.75, 3.05) is 11.9 Å². The standard InChI is InChI=1S/C17H17N3O/c1-13-7-8-14(5-4-9-18)16(11-13)20-17(21)12-15-6-2-3-10-19-15/h2-3,6-8,10-11H,9,12,18H2,1H3,(H,20,21). The van der Waals surface area contributed by atoms with Crippen LogP contribution in [0.25, 0.3) is 0 Å². The number of hydrogen-bond acceptors (Lipinski definition) is 3. The Morgan fingerprint density at radius 2 is 2.19 bits per heavy atom. The number of carbonyl (C=O) groups is 1. The van der Waals surface area contributed by atoms with Crippen LogP contribution in [-0.2, 0) is 11.2 Å². The van der Waals surface area contributed by atoms with Gasteiger partial charge in [-0.05, 0) is 36.8 Å². The van der Waals surface area contributed by atoms with Crippen molar-refractivity contribution in [1.29, 1.82) is 0 Å². The van der Waals surface area contributed by atoms with Gasteiger partial charge in [-0.1, -0.05) is 24.0 Å². The topological polar surface area (TPSA) is 68.0 Å². The maximum atomic E-state index is 12.1. The maximum absolute atomic E-state index is 12.1. The SMILES string of the molecule is Cc1ccc(C#CCN)c(NC(=O)Cc2ccccn2)c1. The van der Waals surface area contributed by atoms with Gasteiger partial charge < -0.3 is 11.1 Å². The van der Waals surface area contributed by atoms with Gasteiger partial charge in [-0.3, -0.25) is 9.78 Å². The van der Waals surface area contributed by atoms with E-state index in [-0.39, 0.29) is 18.9 Å². The monoisotopic (exact) mass is 279 g/mol. The molecule has 0 spiro atoms. The van der Waals surface area contributed by atoms with Gasteiger partial charge in [0.2, 0.25) is 5.91 Å². The Bertz CT molecular complexity index is 684. The highest BCUT2D eigenvalue weighted by atomic mass is 16.1. The Balaban J connectivity index is 2.14. The molecule has 1 amide bonds. The Morgan fingerprint density at radius 3 is 2.90 bits per heavy atom. The lowest BCUT2D eigenvalue weighted by Gasteiger charge is -2.08. The van der Waals surface area contributed by atoms with E-state index in [4.69, 9.17) is 5.73 Å². The van der Waals surface area contributed by atoms with Crippen LogP contribution in [0.3, 0.4) is 0 Å².